The van der Waals surface area contributed by atoms with E-state index in [-0.39, 0.29) is 17.8 Å². The predicted molar refractivity (Wildman–Crippen MR) is 99.1 cm³/mol. The maximum atomic E-state index is 13.3. The number of carbonyl (C=O) groups excluding carboxylic acids is 1. The molecule has 3 atom stereocenters. The van der Waals surface area contributed by atoms with E-state index in [1.807, 2.05) is 17.0 Å². The van der Waals surface area contributed by atoms with Crippen LogP contribution in [0.3, 0.4) is 0 Å². The SMILES string of the molecule is O=C(CN1CCCC1C1NNCC1c1ccc(F)cc1)N1CCCCC1. The van der Waals surface area contributed by atoms with Crippen LogP contribution >= 0.6 is 0 Å². The quantitative estimate of drug-likeness (QED) is 0.861. The van der Waals surface area contributed by atoms with Crippen LogP contribution in [0.25, 0.3) is 0 Å². The van der Waals surface area contributed by atoms with E-state index in [1.165, 1.54) is 18.6 Å². The van der Waals surface area contributed by atoms with E-state index in [0.717, 1.165) is 57.4 Å². The number of rotatable bonds is 4. The zero-order chi connectivity index (χ0) is 17.9. The molecule has 0 aliphatic carbocycles. The highest BCUT2D eigenvalue weighted by molar-refractivity contribution is 5.78. The van der Waals surface area contributed by atoms with Gasteiger partial charge in [0, 0.05) is 37.6 Å². The Morgan fingerprint density at radius 1 is 1.08 bits per heavy atom. The number of benzene rings is 1. The van der Waals surface area contributed by atoms with Crippen molar-refractivity contribution in [2.24, 2.45) is 0 Å². The van der Waals surface area contributed by atoms with Crippen molar-refractivity contribution in [1.82, 2.24) is 20.7 Å². The third-order valence-electron chi connectivity index (χ3n) is 6.20. The van der Waals surface area contributed by atoms with Gasteiger partial charge in [-0.1, -0.05) is 12.1 Å². The zero-order valence-electron chi connectivity index (χ0n) is 15.3. The van der Waals surface area contributed by atoms with Crippen molar-refractivity contribution < 1.29 is 9.18 Å². The van der Waals surface area contributed by atoms with E-state index in [0.29, 0.717) is 18.5 Å². The van der Waals surface area contributed by atoms with Crippen molar-refractivity contribution in [2.45, 2.75) is 50.1 Å². The Labute approximate surface area is 154 Å². The molecule has 1 aromatic carbocycles. The van der Waals surface area contributed by atoms with Gasteiger partial charge in [-0.15, -0.1) is 0 Å². The summed E-state index contributed by atoms with van der Waals surface area (Å²) in [5, 5.41) is 0. The highest BCUT2D eigenvalue weighted by Crippen LogP contribution is 2.31. The van der Waals surface area contributed by atoms with Gasteiger partial charge >= 0.3 is 0 Å². The Morgan fingerprint density at radius 3 is 2.62 bits per heavy atom. The number of likely N-dealkylation sites (tertiary alicyclic amines) is 2. The Kier molecular flexibility index (Phi) is 5.52. The van der Waals surface area contributed by atoms with Gasteiger partial charge < -0.3 is 4.90 Å². The van der Waals surface area contributed by atoms with Crippen molar-refractivity contribution in [3.05, 3.63) is 35.6 Å². The number of hydrogen-bond acceptors (Lipinski definition) is 4. The van der Waals surface area contributed by atoms with Crippen molar-refractivity contribution in [2.75, 3.05) is 32.7 Å². The molecule has 0 aromatic heterocycles. The topological polar surface area (TPSA) is 47.6 Å². The van der Waals surface area contributed by atoms with Crippen LogP contribution in [0.5, 0.6) is 0 Å². The van der Waals surface area contributed by atoms with Gasteiger partial charge in [-0.25, -0.2) is 4.39 Å². The summed E-state index contributed by atoms with van der Waals surface area (Å²) in [7, 11) is 0. The van der Waals surface area contributed by atoms with Crippen molar-refractivity contribution in [3.63, 3.8) is 0 Å². The molecular weight excluding hydrogens is 331 g/mol. The van der Waals surface area contributed by atoms with Crippen molar-refractivity contribution >= 4 is 5.91 Å². The van der Waals surface area contributed by atoms with Crippen LogP contribution in [-0.2, 0) is 4.79 Å². The van der Waals surface area contributed by atoms with Gasteiger partial charge in [-0.2, -0.15) is 0 Å². The second kappa shape index (κ2) is 8.03. The van der Waals surface area contributed by atoms with E-state index >= 15 is 0 Å². The Hall–Kier alpha value is -1.50. The van der Waals surface area contributed by atoms with Crippen LogP contribution in [0, 0.1) is 5.82 Å². The summed E-state index contributed by atoms with van der Waals surface area (Å²) in [6.07, 6.45) is 5.75. The summed E-state index contributed by atoms with van der Waals surface area (Å²) >= 11 is 0. The molecule has 0 saturated carbocycles. The maximum Gasteiger partial charge on any atom is 0.236 e. The van der Waals surface area contributed by atoms with Crippen LogP contribution in [0.15, 0.2) is 24.3 Å². The Morgan fingerprint density at radius 2 is 1.85 bits per heavy atom. The molecule has 5 nitrogen and oxygen atoms in total. The van der Waals surface area contributed by atoms with Gasteiger partial charge in [0.15, 0.2) is 0 Å². The molecule has 1 aromatic rings. The first-order valence-corrected chi connectivity index (χ1v) is 9.98. The standard InChI is InChI=1S/C20H29FN4O/c21-16-8-6-15(7-9-16)17-13-22-23-20(17)18-5-4-12-25(18)14-19(26)24-10-2-1-3-11-24/h6-9,17-18,20,22-23H,1-5,10-14H2. The molecule has 0 radical (unpaired) electrons. The van der Waals surface area contributed by atoms with Gasteiger partial charge in [-0.05, 0) is 56.3 Å². The number of hydrazine groups is 1. The van der Waals surface area contributed by atoms with Crippen LogP contribution in [0.4, 0.5) is 4.39 Å². The predicted octanol–water partition coefficient (Wildman–Crippen LogP) is 1.86. The fraction of sp³-hybridized carbons (Fsp3) is 0.650. The number of nitrogens with zero attached hydrogens (tertiary/aromatic N) is 2. The van der Waals surface area contributed by atoms with Crippen LogP contribution < -0.4 is 10.9 Å². The number of hydrogen-bond donors (Lipinski definition) is 2. The van der Waals surface area contributed by atoms with E-state index in [9.17, 15) is 9.18 Å². The smallest absolute Gasteiger partial charge is 0.236 e. The number of nitrogens with one attached hydrogen (secondary N) is 2. The molecule has 3 unspecified atom stereocenters. The van der Waals surface area contributed by atoms with Gasteiger partial charge in [0.25, 0.3) is 0 Å². The largest absolute Gasteiger partial charge is 0.342 e. The monoisotopic (exact) mass is 360 g/mol. The molecule has 26 heavy (non-hydrogen) atoms. The van der Waals surface area contributed by atoms with Crippen molar-refractivity contribution in [3.8, 4) is 0 Å². The Balaban J connectivity index is 1.43. The number of piperidine rings is 1. The third kappa shape index (κ3) is 3.77. The first kappa shape index (κ1) is 17.9. The molecule has 4 rings (SSSR count). The van der Waals surface area contributed by atoms with E-state index in [2.05, 4.69) is 15.8 Å². The lowest BCUT2D eigenvalue weighted by atomic mass is 9.87. The molecule has 2 N–H and O–H groups in total. The highest BCUT2D eigenvalue weighted by Gasteiger charge is 2.40. The summed E-state index contributed by atoms with van der Waals surface area (Å²) in [4.78, 5) is 17.1. The molecule has 3 heterocycles. The minimum absolute atomic E-state index is 0.196. The lowest BCUT2D eigenvalue weighted by Crippen LogP contribution is -2.51. The summed E-state index contributed by atoms with van der Waals surface area (Å²) in [6.45, 7) is 4.18. The molecule has 0 bridgehead atoms. The number of halogens is 1. The van der Waals surface area contributed by atoms with Gasteiger partial charge in [0.1, 0.15) is 5.82 Å². The van der Waals surface area contributed by atoms with Crippen LogP contribution in [0.2, 0.25) is 0 Å². The lowest BCUT2D eigenvalue weighted by molar-refractivity contribution is -0.133. The fourth-order valence-corrected chi connectivity index (χ4v) is 4.79. The second-order valence-corrected chi connectivity index (χ2v) is 7.83. The lowest BCUT2D eigenvalue weighted by Gasteiger charge is -2.34. The molecule has 6 heteroatoms. The van der Waals surface area contributed by atoms with Gasteiger partial charge in [-0.3, -0.25) is 20.5 Å². The minimum atomic E-state index is -0.196. The molecule has 3 aliphatic heterocycles. The molecule has 3 aliphatic rings. The number of carbonyl (C=O) groups is 1. The Bertz CT molecular complexity index is 617. The minimum Gasteiger partial charge on any atom is -0.342 e. The first-order chi connectivity index (χ1) is 12.7. The maximum absolute atomic E-state index is 13.3. The van der Waals surface area contributed by atoms with E-state index < -0.39 is 0 Å². The summed E-state index contributed by atoms with van der Waals surface area (Å²) in [5.41, 5.74) is 7.87. The molecule has 3 saturated heterocycles. The normalized spacial score (nSPS) is 30.0. The third-order valence-corrected chi connectivity index (χ3v) is 6.20. The summed E-state index contributed by atoms with van der Waals surface area (Å²) < 4.78 is 13.3. The first-order valence-electron chi connectivity index (χ1n) is 9.98. The molecule has 1 amide bonds. The highest BCUT2D eigenvalue weighted by atomic mass is 19.1. The number of amides is 1. The zero-order valence-corrected chi connectivity index (χ0v) is 15.3. The average Bonchev–Trinajstić information content (AvgIpc) is 3.32. The molecule has 0 spiro atoms. The fourth-order valence-electron chi connectivity index (χ4n) is 4.79. The molecular formula is C20H29FN4O. The molecule has 3 fully saturated rings. The summed E-state index contributed by atoms with van der Waals surface area (Å²) in [6, 6.07) is 7.44. The van der Waals surface area contributed by atoms with Crippen LogP contribution in [0.1, 0.15) is 43.6 Å². The molecule has 142 valence electrons. The van der Waals surface area contributed by atoms with E-state index in [4.69, 9.17) is 0 Å². The van der Waals surface area contributed by atoms with E-state index in [1.54, 1.807) is 0 Å². The average molecular weight is 360 g/mol. The summed E-state index contributed by atoms with van der Waals surface area (Å²) in [5.74, 6) is 0.381. The van der Waals surface area contributed by atoms with Crippen molar-refractivity contribution in [1.29, 1.82) is 0 Å². The van der Waals surface area contributed by atoms with Gasteiger partial charge in [0.05, 0.1) is 6.54 Å². The van der Waals surface area contributed by atoms with Crippen LogP contribution in [-0.4, -0.2) is 60.5 Å². The van der Waals surface area contributed by atoms with Gasteiger partial charge in [0.2, 0.25) is 5.91 Å². The second-order valence-electron chi connectivity index (χ2n) is 7.83.